The zero-order valence-electron chi connectivity index (χ0n) is 10.4. The lowest BCUT2D eigenvalue weighted by Crippen LogP contribution is -2.08. The van der Waals surface area contributed by atoms with E-state index in [0.717, 1.165) is 23.0 Å². The molecule has 6 nitrogen and oxygen atoms in total. The Bertz CT molecular complexity index is 704. The van der Waals surface area contributed by atoms with E-state index in [1.54, 1.807) is 12.4 Å². The minimum Gasteiger partial charge on any atom is -0.419 e. The van der Waals surface area contributed by atoms with Crippen molar-refractivity contribution in [2.24, 2.45) is 5.73 Å². The molecule has 0 saturated carbocycles. The second-order valence-corrected chi connectivity index (χ2v) is 4.19. The first-order valence-corrected chi connectivity index (χ1v) is 6.08. The van der Waals surface area contributed by atoms with Gasteiger partial charge in [-0.3, -0.25) is 9.97 Å². The van der Waals surface area contributed by atoms with Crippen LogP contribution in [-0.2, 0) is 0 Å². The standard InChI is InChI=1S/C13H13N5O/c1-2-9(14)13-18-17-12(19-13)8-4-3-5-10-11(8)16-7-6-15-10/h3-7,9H,2,14H2,1H3. The second-order valence-electron chi connectivity index (χ2n) is 4.19. The van der Waals surface area contributed by atoms with Gasteiger partial charge in [-0.25, -0.2) is 0 Å². The maximum atomic E-state index is 5.87. The van der Waals surface area contributed by atoms with Crippen LogP contribution in [0, 0.1) is 0 Å². The van der Waals surface area contributed by atoms with Gasteiger partial charge in [0.05, 0.1) is 17.1 Å². The number of hydrogen-bond acceptors (Lipinski definition) is 6. The van der Waals surface area contributed by atoms with E-state index in [1.807, 2.05) is 25.1 Å². The molecule has 2 N–H and O–H groups in total. The molecule has 19 heavy (non-hydrogen) atoms. The average molecular weight is 255 g/mol. The minimum absolute atomic E-state index is 0.234. The highest BCUT2D eigenvalue weighted by atomic mass is 16.4. The predicted molar refractivity (Wildman–Crippen MR) is 70.0 cm³/mol. The molecule has 96 valence electrons. The summed E-state index contributed by atoms with van der Waals surface area (Å²) in [6, 6.07) is 5.42. The van der Waals surface area contributed by atoms with Crippen LogP contribution >= 0.6 is 0 Å². The molecule has 2 heterocycles. The molecular weight excluding hydrogens is 242 g/mol. The van der Waals surface area contributed by atoms with Crippen LogP contribution in [0.15, 0.2) is 35.0 Å². The lowest BCUT2D eigenvalue weighted by Gasteiger charge is -2.02. The minimum atomic E-state index is -0.234. The van der Waals surface area contributed by atoms with Crippen molar-refractivity contribution in [1.82, 2.24) is 20.2 Å². The van der Waals surface area contributed by atoms with Gasteiger partial charge in [0.25, 0.3) is 0 Å². The van der Waals surface area contributed by atoms with Gasteiger partial charge in [-0.15, -0.1) is 10.2 Å². The summed E-state index contributed by atoms with van der Waals surface area (Å²) in [6.45, 7) is 1.97. The smallest absolute Gasteiger partial charge is 0.250 e. The molecule has 0 spiro atoms. The van der Waals surface area contributed by atoms with E-state index in [4.69, 9.17) is 10.2 Å². The Morgan fingerprint density at radius 2 is 2.05 bits per heavy atom. The molecule has 2 aromatic heterocycles. The largest absolute Gasteiger partial charge is 0.419 e. The van der Waals surface area contributed by atoms with E-state index in [9.17, 15) is 0 Å². The molecule has 0 aliphatic rings. The lowest BCUT2D eigenvalue weighted by molar-refractivity contribution is 0.453. The Kier molecular flexibility index (Phi) is 2.92. The molecule has 3 rings (SSSR count). The normalized spacial score (nSPS) is 12.7. The molecule has 1 aromatic carbocycles. The summed E-state index contributed by atoms with van der Waals surface area (Å²) in [5, 5.41) is 8.02. The zero-order chi connectivity index (χ0) is 13.2. The molecule has 3 aromatic rings. The van der Waals surface area contributed by atoms with Crippen molar-refractivity contribution in [3.63, 3.8) is 0 Å². The van der Waals surface area contributed by atoms with Crippen molar-refractivity contribution in [3.05, 3.63) is 36.5 Å². The number of benzene rings is 1. The fourth-order valence-corrected chi connectivity index (χ4v) is 1.83. The molecule has 1 unspecified atom stereocenters. The summed E-state index contributed by atoms with van der Waals surface area (Å²) in [7, 11) is 0. The maximum Gasteiger partial charge on any atom is 0.250 e. The Morgan fingerprint density at radius 3 is 2.89 bits per heavy atom. The zero-order valence-corrected chi connectivity index (χ0v) is 10.4. The van der Waals surface area contributed by atoms with Crippen molar-refractivity contribution in [2.45, 2.75) is 19.4 Å². The highest BCUT2D eigenvalue weighted by molar-refractivity contribution is 5.88. The van der Waals surface area contributed by atoms with Gasteiger partial charge in [0.15, 0.2) is 0 Å². The van der Waals surface area contributed by atoms with Crippen molar-refractivity contribution in [3.8, 4) is 11.5 Å². The Balaban J connectivity index is 2.12. The average Bonchev–Trinajstić information content (AvgIpc) is 2.95. The summed E-state index contributed by atoms with van der Waals surface area (Å²) < 4.78 is 5.62. The molecule has 0 amide bonds. The summed E-state index contributed by atoms with van der Waals surface area (Å²) in [6.07, 6.45) is 4.04. The van der Waals surface area contributed by atoms with Crippen molar-refractivity contribution in [1.29, 1.82) is 0 Å². The first-order chi connectivity index (χ1) is 9.29. The van der Waals surface area contributed by atoms with E-state index in [0.29, 0.717) is 11.8 Å². The van der Waals surface area contributed by atoms with Crippen molar-refractivity contribution in [2.75, 3.05) is 0 Å². The van der Waals surface area contributed by atoms with Gasteiger partial charge in [0, 0.05) is 12.4 Å². The number of nitrogens with two attached hydrogens (primary N) is 1. The molecule has 6 heteroatoms. The summed E-state index contributed by atoms with van der Waals surface area (Å²) in [5.74, 6) is 0.864. The van der Waals surface area contributed by atoms with Gasteiger partial charge in [-0.1, -0.05) is 13.0 Å². The quantitative estimate of drug-likeness (QED) is 0.770. The van der Waals surface area contributed by atoms with Gasteiger partial charge in [-0.2, -0.15) is 0 Å². The van der Waals surface area contributed by atoms with Gasteiger partial charge in [-0.05, 0) is 18.6 Å². The highest BCUT2D eigenvalue weighted by Crippen LogP contribution is 2.26. The van der Waals surface area contributed by atoms with Crippen molar-refractivity contribution >= 4 is 11.0 Å². The van der Waals surface area contributed by atoms with Crippen LogP contribution in [-0.4, -0.2) is 20.2 Å². The Morgan fingerprint density at radius 1 is 1.21 bits per heavy atom. The fourth-order valence-electron chi connectivity index (χ4n) is 1.83. The Hall–Kier alpha value is -2.34. The number of rotatable bonds is 3. The van der Waals surface area contributed by atoms with E-state index in [-0.39, 0.29) is 6.04 Å². The molecule has 0 saturated heterocycles. The predicted octanol–water partition coefficient (Wildman–Crippen LogP) is 2.09. The van der Waals surface area contributed by atoms with Crippen molar-refractivity contribution < 1.29 is 4.42 Å². The van der Waals surface area contributed by atoms with Gasteiger partial charge < -0.3 is 10.2 Å². The molecule has 0 aliphatic carbocycles. The van der Waals surface area contributed by atoms with Gasteiger partial charge >= 0.3 is 0 Å². The summed E-state index contributed by atoms with van der Waals surface area (Å²) >= 11 is 0. The van der Waals surface area contributed by atoms with Crippen LogP contribution in [0.2, 0.25) is 0 Å². The molecule has 0 fully saturated rings. The molecule has 0 radical (unpaired) electrons. The summed E-state index contributed by atoms with van der Waals surface area (Å²) in [4.78, 5) is 8.56. The van der Waals surface area contributed by atoms with Crippen LogP contribution in [0.1, 0.15) is 25.3 Å². The third-order valence-electron chi connectivity index (χ3n) is 2.93. The SMILES string of the molecule is CCC(N)c1nnc(-c2cccc3nccnc23)o1. The van der Waals surface area contributed by atoms with Crippen LogP contribution < -0.4 is 5.73 Å². The number of para-hydroxylation sites is 1. The monoisotopic (exact) mass is 255 g/mol. The first-order valence-electron chi connectivity index (χ1n) is 6.08. The van der Waals surface area contributed by atoms with Gasteiger partial charge in [0.1, 0.15) is 5.52 Å². The molecular formula is C13H13N5O. The van der Waals surface area contributed by atoms with E-state index < -0.39 is 0 Å². The lowest BCUT2D eigenvalue weighted by atomic mass is 10.2. The number of hydrogen-bond donors (Lipinski definition) is 1. The van der Waals surface area contributed by atoms with Crippen LogP contribution in [0.4, 0.5) is 0 Å². The fraction of sp³-hybridized carbons (Fsp3) is 0.231. The molecule has 0 bridgehead atoms. The van der Waals surface area contributed by atoms with E-state index >= 15 is 0 Å². The number of aromatic nitrogens is 4. The summed E-state index contributed by atoms with van der Waals surface area (Å²) in [5.41, 5.74) is 8.18. The maximum absolute atomic E-state index is 5.87. The van der Waals surface area contributed by atoms with Crippen LogP contribution in [0.5, 0.6) is 0 Å². The second kappa shape index (κ2) is 4.74. The Labute approximate surface area is 109 Å². The van der Waals surface area contributed by atoms with E-state index in [1.165, 1.54) is 0 Å². The van der Waals surface area contributed by atoms with E-state index in [2.05, 4.69) is 20.2 Å². The first kappa shape index (κ1) is 11.7. The van der Waals surface area contributed by atoms with Crippen LogP contribution in [0.3, 0.4) is 0 Å². The third-order valence-corrected chi connectivity index (χ3v) is 2.93. The third kappa shape index (κ3) is 2.06. The highest BCUT2D eigenvalue weighted by Gasteiger charge is 2.16. The molecule has 1 atom stereocenters. The number of nitrogens with zero attached hydrogens (tertiary/aromatic N) is 4. The van der Waals surface area contributed by atoms with Gasteiger partial charge in [0.2, 0.25) is 11.8 Å². The topological polar surface area (TPSA) is 90.7 Å². The van der Waals surface area contributed by atoms with Crippen LogP contribution in [0.25, 0.3) is 22.5 Å². The number of fused-ring (bicyclic) bond motifs is 1. The molecule has 0 aliphatic heterocycles.